The van der Waals surface area contributed by atoms with E-state index in [4.69, 9.17) is 17.0 Å². The van der Waals surface area contributed by atoms with Crippen LogP contribution in [0.1, 0.15) is 13.3 Å². The fraction of sp³-hybridized carbons (Fsp3) is 0.278. The van der Waals surface area contributed by atoms with Crippen LogP contribution in [-0.2, 0) is 4.74 Å². The van der Waals surface area contributed by atoms with Crippen molar-refractivity contribution in [2.24, 2.45) is 0 Å². The van der Waals surface area contributed by atoms with Gasteiger partial charge in [0.1, 0.15) is 0 Å². The maximum atomic E-state index is 5.28. The Morgan fingerprint density at radius 1 is 0.957 bits per heavy atom. The fourth-order valence-electron chi connectivity index (χ4n) is 2.02. The van der Waals surface area contributed by atoms with E-state index < -0.39 is 0 Å². The normalized spacial score (nSPS) is 10.1. The lowest BCUT2D eigenvalue weighted by Gasteiger charge is -2.11. The molecule has 0 aliphatic heterocycles. The molecular weight excluding hydrogens is 306 g/mol. The second-order valence-electron chi connectivity index (χ2n) is 5.00. The molecule has 2 aromatic carbocycles. The molecule has 0 bridgehead atoms. The van der Waals surface area contributed by atoms with Gasteiger partial charge in [0.05, 0.1) is 0 Å². The molecule has 2 aromatic rings. The predicted molar refractivity (Wildman–Crippen MR) is 102 cm³/mol. The topological polar surface area (TPSA) is 45.3 Å². The van der Waals surface area contributed by atoms with Crippen molar-refractivity contribution in [3.8, 4) is 0 Å². The van der Waals surface area contributed by atoms with E-state index in [1.807, 2.05) is 61.5 Å². The highest BCUT2D eigenvalue weighted by atomic mass is 32.1. The second kappa shape index (κ2) is 9.82. The van der Waals surface area contributed by atoms with Crippen LogP contribution in [0.15, 0.2) is 54.6 Å². The SMILES string of the molecule is CCOCCCNC(=S)Nc1ccc(Nc2ccccc2)cc1. The van der Waals surface area contributed by atoms with Gasteiger partial charge in [-0.1, -0.05) is 18.2 Å². The maximum Gasteiger partial charge on any atom is 0.170 e. The third-order valence-electron chi connectivity index (χ3n) is 3.16. The maximum absolute atomic E-state index is 5.28. The number of rotatable bonds is 8. The number of thiocarbonyl (C=S) groups is 1. The Morgan fingerprint density at radius 2 is 1.61 bits per heavy atom. The van der Waals surface area contributed by atoms with Crippen LogP contribution in [0.2, 0.25) is 0 Å². The fourth-order valence-corrected chi connectivity index (χ4v) is 2.24. The molecule has 0 aliphatic carbocycles. The number of para-hydroxylation sites is 1. The second-order valence-corrected chi connectivity index (χ2v) is 5.41. The monoisotopic (exact) mass is 329 g/mol. The van der Waals surface area contributed by atoms with Crippen LogP contribution >= 0.6 is 12.2 Å². The Morgan fingerprint density at radius 3 is 2.30 bits per heavy atom. The van der Waals surface area contributed by atoms with E-state index in [-0.39, 0.29) is 0 Å². The Bertz CT molecular complexity index is 587. The molecule has 0 saturated carbocycles. The molecule has 0 spiro atoms. The first kappa shape index (κ1) is 17.2. The average Bonchev–Trinajstić information content (AvgIpc) is 2.57. The third-order valence-corrected chi connectivity index (χ3v) is 3.41. The molecule has 0 unspecified atom stereocenters. The van der Waals surface area contributed by atoms with Crippen LogP contribution in [0.25, 0.3) is 0 Å². The molecule has 0 radical (unpaired) electrons. The van der Waals surface area contributed by atoms with Crippen LogP contribution in [0.5, 0.6) is 0 Å². The smallest absolute Gasteiger partial charge is 0.170 e. The summed E-state index contributed by atoms with van der Waals surface area (Å²) in [6.45, 7) is 4.31. The number of benzene rings is 2. The van der Waals surface area contributed by atoms with Crippen molar-refractivity contribution in [2.75, 3.05) is 30.4 Å². The van der Waals surface area contributed by atoms with Crippen molar-refractivity contribution in [3.63, 3.8) is 0 Å². The van der Waals surface area contributed by atoms with E-state index in [2.05, 4.69) is 16.0 Å². The highest BCUT2D eigenvalue weighted by molar-refractivity contribution is 7.80. The third kappa shape index (κ3) is 6.67. The van der Waals surface area contributed by atoms with E-state index in [9.17, 15) is 0 Å². The summed E-state index contributed by atoms with van der Waals surface area (Å²) >= 11 is 5.27. The van der Waals surface area contributed by atoms with E-state index >= 15 is 0 Å². The number of anilines is 3. The molecule has 0 heterocycles. The zero-order valence-corrected chi connectivity index (χ0v) is 14.2. The van der Waals surface area contributed by atoms with Crippen molar-refractivity contribution < 1.29 is 4.74 Å². The van der Waals surface area contributed by atoms with E-state index in [1.165, 1.54) is 0 Å². The first-order valence-corrected chi connectivity index (χ1v) is 8.23. The van der Waals surface area contributed by atoms with Crippen molar-refractivity contribution >= 4 is 34.4 Å². The number of nitrogens with one attached hydrogen (secondary N) is 3. The number of ether oxygens (including phenoxy) is 1. The molecule has 0 aromatic heterocycles. The lowest BCUT2D eigenvalue weighted by atomic mass is 10.2. The Balaban J connectivity index is 1.75. The van der Waals surface area contributed by atoms with Gasteiger partial charge in [0.2, 0.25) is 0 Å². The molecule has 0 atom stereocenters. The van der Waals surface area contributed by atoms with Gasteiger partial charge in [-0.3, -0.25) is 0 Å². The molecule has 0 saturated heterocycles. The van der Waals surface area contributed by atoms with Gasteiger partial charge in [0.15, 0.2) is 5.11 Å². The standard InChI is InChI=1S/C18H23N3OS/c1-2-22-14-6-13-19-18(23)21-17-11-9-16(10-12-17)20-15-7-4-3-5-8-15/h3-5,7-12,20H,2,6,13-14H2,1H3,(H2,19,21,23). The lowest BCUT2D eigenvalue weighted by molar-refractivity contribution is 0.146. The molecule has 2 rings (SSSR count). The van der Waals surface area contributed by atoms with Gasteiger partial charge in [-0.2, -0.15) is 0 Å². The van der Waals surface area contributed by atoms with Gasteiger partial charge in [0.25, 0.3) is 0 Å². The Kier molecular flexibility index (Phi) is 7.36. The minimum atomic E-state index is 0.630. The van der Waals surface area contributed by atoms with Crippen LogP contribution in [0.3, 0.4) is 0 Å². The van der Waals surface area contributed by atoms with Crippen molar-refractivity contribution in [3.05, 3.63) is 54.6 Å². The number of hydrogen-bond acceptors (Lipinski definition) is 3. The first-order valence-electron chi connectivity index (χ1n) is 7.82. The van der Waals surface area contributed by atoms with Crippen molar-refractivity contribution in [1.29, 1.82) is 0 Å². The van der Waals surface area contributed by atoms with Crippen LogP contribution in [-0.4, -0.2) is 24.9 Å². The van der Waals surface area contributed by atoms with E-state index in [0.29, 0.717) is 5.11 Å². The summed E-state index contributed by atoms with van der Waals surface area (Å²) in [6, 6.07) is 18.1. The molecule has 0 aliphatic rings. The Hall–Kier alpha value is -2.11. The van der Waals surface area contributed by atoms with E-state index in [1.54, 1.807) is 0 Å². The van der Waals surface area contributed by atoms with Crippen LogP contribution < -0.4 is 16.0 Å². The summed E-state index contributed by atoms with van der Waals surface area (Å²) in [4.78, 5) is 0. The summed E-state index contributed by atoms with van der Waals surface area (Å²) in [6.07, 6.45) is 0.940. The lowest BCUT2D eigenvalue weighted by Crippen LogP contribution is -2.29. The summed E-state index contributed by atoms with van der Waals surface area (Å²) in [5.41, 5.74) is 3.07. The zero-order chi connectivity index (χ0) is 16.3. The summed E-state index contributed by atoms with van der Waals surface area (Å²) in [7, 11) is 0. The highest BCUT2D eigenvalue weighted by Gasteiger charge is 1.98. The van der Waals surface area contributed by atoms with Gasteiger partial charge in [0, 0.05) is 36.8 Å². The van der Waals surface area contributed by atoms with Gasteiger partial charge in [-0.05, 0) is 62.0 Å². The largest absolute Gasteiger partial charge is 0.382 e. The quantitative estimate of drug-likeness (QED) is 0.502. The summed E-state index contributed by atoms with van der Waals surface area (Å²) < 4.78 is 5.28. The first-order chi connectivity index (χ1) is 11.3. The van der Waals surface area contributed by atoms with Crippen LogP contribution in [0, 0.1) is 0 Å². The van der Waals surface area contributed by atoms with Gasteiger partial charge >= 0.3 is 0 Å². The molecular formula is C18H23N3OS. The minimum Gasteiger partial charge on any atom is -0.382 e. The molecule has 3 N–H and O–H groups in total. The molecule has 4 nitrogen and oxygen atoms in total. The number of hydrogen-bond donors (Lipinski definition) is 3. The van der Waals surface area contributed by atoms with Gasteiger partial charge in [-0.15, -0.1) is 0 Å². The molecule has 0 amide bonds. The Labute approximate surface area is 143 Å². The van der Waals surface area contributed by atoms with Gasteiger partial charge < -0.3 is 20.7 Å². The van der Waals surface area contributed by atoms with Crippen molar-refractivity contribution in [2.45, 2.75) is 13.3 Å². The average molecular weight is 329 g/mol. The molecule has 5 heteroatoms. The predicted octanol–water partition coefficient (Wildman–Crippen LogP) is 4.14. The van der Waals surface area contributed by atoms with Crippen LogP contribution in [0.4, 0.5) is 17.1 Å². The summed E-state index contributed by atoms with van der Waals surface area (Å²) in [5, 5.41) is 10.3. The molecule has 122 valence electrons. The van der Waals surface area contributed by atoms with Crippen molar-refractivity contribution in [1.82, 2.24) is 5.32 Å². The van der Waals surface area contributed by atoms with Gasteiger partial charge in [-0.25, -0.2) is 0 Å². The highest BCUT2D eigenvalue weighted by Crippen LogP contribution is 2.18. The minimum absolute atomic E-state index is 0.630. The molecule has 23 heavy (non-hydrogen) atoms. The zero-order valence-electron chi connectivity index (χ0n) is 13.3. The molecule has 0 fully saturated rings. The van der Waals surface area contributed by atoms with E-state index in [0.717, 1.165) is 43.2 Å². The summed E-state index contributed by atoms with van der Waals surface area (Å²) in [5.74, 6) is 0.